The van der Waals surface area contributed by atoms with E-state index in [1.54, 1.807) is 36.6 Å². The van der Waals surface area contributed by atoms with Gasteiger partial charge in [0.2, 0.25) is 0 Å². The van der Waals surface area contributed by atoms with Crippen LogP contribution in [-0.4, -0.2) is 15.9 Å². The summed E-state index contributed by atoms with van der Waals surface area (Å²) >= 11 is 5.23. The third kappa shape index (κ3) is 3.96. The maximum Gasteiger partial charge on any atom is 0.277 e. The average molecular weight is 398 g/mol. The third-order valence-corrected chi connectivity index (χ3v) is 4.34. The Hall–Kier alpha value is -3.39. The fourth-order valence-corrected chi connectivity index (χ4v) is 2.91. The smallest absolute Gasteiger partial charge is 0.277 e. The second-order valence-electron chi connectivity index (χ2n) is 6.01. The third-order valence-electron chi connectivity index (χ3n) is 4.02. The van der Waals surface area contributed by atoms with Crippen LogP contribution in [0.1, 0.15) is 17.3 Å². The van der Waals surface area contributed by atoms with E-state index in [1.165, 1.54) is 29.2 Å². The molecule has 0 aliphatic carbocycles. The van der Waals surface area contributed by atoms with Crippen molar-refractivity contribution in [3.63, 3.8) is 0 Å². The summed E-state index contributed by atoms with van der Waals surface area (Å²) in [7, 11) is 0. The maximum absolute atomic E-state index is 12.9. The summed E-state index contributed by atoms with van der Waals surface area (Å²) in [6, 6.07) is 12.7. The van der Waals surface area contributed by atoms with E-state index in [1.807, 2.05) is 0 Å². The molecule has 0 unspecified atom stereocenters. The first-order valence-corrected chi connectivity index (χ1v) is 8.83. The molecule has 0 spiro atoms. The molecule has 1 aliphatic rings. The summed E-state index contributed by atoms with van der Waals surface area (Å²) in [5.41, 5.74) is 0.317. The van der Waals surface area contributed by atoms with Crippen LogP contribution in [0.25, 0.3) is 6.08 Å². The number of benzene rings is 1. The van der Waals surface area contributed by atoms with E-state index in [2.05, 4.69) is 5.32 Å². The van der Waals surface area contributed by atoms with Crippen LogP contribution < -0.4 is 10.1 Å². The van der Waals surface area contributed by atoms with Crippen LogP contribution in [0.3, 0.4) is 0 Å². The van der Waals surface area contributed by atoms with Gasteiger partial charge in [0.05, 0.1) is 12.8 Å². The molecular formula is C20H15FN2O4S. The van der Waals surface area contributed by atoms with E-state index in [0.29, 0.717) is 33.8 Å². The Labute approximate surface area is 165 Å². The molecule has 2 aromatic heterocycles. The summed E-state index contributed by atoms with van der Waals surface area (Å²) in [6.45, 7) is 0.434. The van der Waals surface area contributed by atoms with Crippen molar-refractivity contribution < 1.29 is 22.8 Å². The van der Waals surface area contributed by atoms with Crippen molar-refractivity contribution in [2.45, 2.75) is 13.2 Å². The lowest BCUT2D eigenvalue weighted by molar-refractivity contribution is -0.122. The maximum atomic E-state index is 12.9. The number of rotatable bonds is 6. The fourth-order valence-electron chi connectivity index (χ4n) is 2.65. The van der Waals surface area contributed by atoms with Gasteiger partial charge in [-0.25, -0.2) is 4.39 Å². The minimum atomic E-state index is -0.327. The van der Waals surface area contributed by atoms with Gasteiger partial charge in [0.1, 0.15) is 41.2 Å². The quantitative estimate of drug-likeness (QED) is 0.503. The number of nitrogens with one attached hydrogen (secondary N) is 1. The Morgan fingerprint density at radius 2 is 1.96 bits per heavy atom. The van der Waals surface area contributed by atoms with E-state index in [4.69, 9.17) is 25.8 Å². The van der Waals surface area contributed by atoms with Gasteiger partial charge in [-0.15, -0.1) is 0 Å². The lowest BCUT2D eigenvalue weighted by atomic mass is 10.3. The summed E-state index contributed by atoms with van der Waals surface area (Å²) in [4.78, 5) is 14.0. The molecule has 1 fully saturated rings. The number of amides is 1. The van der Waals surface area contributed by atoms with Crippen molar-refractivity contribution in [2.75, 3.05) is 0 Å². The minimum Gasteiger partial charge on any atom is -0.486 e. The highest BCUT2D eigenvalue weighted by molar-refractivity contribution is 7.80. The number of hydrogen-bond acceptors (Lipinski definition) is 5. The summed E-state index contributed by atoms with van der Waals surface area (Å²) in [5, 5.41) is 3.19. The zero-order chi connectivity index (χ0) is 19.5. The highest BCUT2D eigenvalue weighted by Crippen LogP contribution is 2.20. The predicted octanol–water partition coefficient (Wildman–Crippen LogP) is 3.85. The zero-order valence-corrected chi connectivity index (χ0v) is 15.4. The molecule has 0 saturated carbocycles. The number of nitrogens with zero attached hydrogens (tertiary/aromatic N) is 1. The van der Waals surface area contributed by atoms with E-state index in [0.717, 1.165) is 0 Å². The van der Waals surface area contributed by atoms with Crippen molar-refractivity contribution in [1.29, 1.82) is 0 Å². The molecule has 1 aromatic carbocycles. The SMILES string of the molecule is O=C1/C(=C\c2ccc(COc3ccc(F)cc3)o2)NC(=S)N1Cc1ccco1. The summed E-state index contributed by atoms with van der Waals surface area (Å²) < 4.78 is 29.4. The second kappa shape index (κ2) is 7.69. The van der Waals surface area contributed by atoms with Gasteiger partial charge in [-0.3, -0.25) is 9.69 Å². The molecule has 3 aromatic rings. The van der Waals surface area contributed by atoms with Crippen molar-refractivity contribution >= 4 is 29.3 Å². The second-order valence-corrected chi connectivity index (χ2v) is 6.39. The molecule has 1 saturated heterocycles. The van der Waals surface area contributed by atoms with Crippen molar-refractivity contribution in [3.8, 4) is 5.75 Å². The molecule has 1 aliphatic heterocycles. The molecular weight excluding hydrogens is 383 g/mol. The molecule has 0 bridgehead atoms. The Bertz CT molecular complexity index is 1020. The van der Waals surface area contributed by atoms with Gasteiger partial charge >= 0.3 is 0 Å². The highest BCUT2D eigenvalue weighted by Gasteiger charge is 2.31. The summed E-state index contributed by atoms with van der Waals surface area (Å²) in [6.07, 6.45) is 3.12. The van der Waals surface area contributed by atoms with Crippen LogP contribution in [-0.2, 0) is 17.9 Å². The van der Waals surface area contributed by atoms with Crippen LogP contribution in [0.5, 0.6) is 5.75 Å². The molecule has 8 heteroatoms. The van der Waals surface area contributed by atoms with Gasteiger partial charge in [0.15, 0.2) is 5.11 Å². The van der Waals surface area contributed by atoms with Gasteiger partial charge in [-0.05, 0) is 60.7 Å². The lowest BCUT2D eigenvalue weighted by Crippen LogP contribution is -2.29. The van der Waals surface area contributed by atoms with E-state index in [9.17, 15) is 9.18 Å². The van der Waals surface area contributed by atoms with Crippen LogP contribution >= 0.6 is 12.2 Å². The molecule has 4 rings (SSSR count). The van der Waals surface area contributed by atoms with Crippen molar-refractivity contribution in [3.05, 3.63) is 83.6 Å². The van der Waals surface area contributed by atoms with Crippen molar-refractivity contribution in [1.82, 2.24) is 10.2 Å². The first-order valence-electron chi connectivity index (χ1n) is 8.42. The number of halogens is 1. The molecule has 3 heterocycles. The van der Waals surface area contributed by atoms with E-state index in [-0.39, 0.29) is 24.9 Å². The summed E-state index contributed by atoms with van der Waals surface area (Å²) in [5.74, 6) is 1.63. The normalized spacial score (nSPS) is 15.3. The monoisotopic (exact) mass is 398 g/mol. The first-order chi connectivity index (χ1) is 13.6. The average Bonchev–Trinajstić information content (AvgIpc) is 3.41. The minimum absolute atomic E-state index is 0.180. The molecule has 1 N–H and O–H groups in total. The van der Waals surface area contributed by atoms with Crippen LogP contribution in [0.4, 0.5) is 4.39 Å². The van der Waals surface area contributed by atoms with Gasteiger partial charge in [0.25, 0.3) is 5.91 Å². The number of carbonyl (C=O) groups excluding carboxylic acids is 1. The predicted molar refractivity (Wildman–Crippen MR) is 102 cm³/mol. The molecule has 0 radical (unpaired) electrons. The zero-order valence-electron chi connectivity index (χ0n) is 14.6. The number of furan rings is 2. The molecule has 1 amide bonds. The topological polar surface area (TPSA) is 67.8 Å². The van der Waals surface area contributed by atoms with Crippen LogP contribution in [0.2, 0.25) is 0 Å². The largest absolute Gasteiger partial charge is 0.486 e. The highest BCUT2D eigenvalue weighted by atomic mass is 32.1. The van der Waals surface area contributed by atoms with Gasteiger partial charge in [-0.2, -0.15) is 0 Å². The van der Waals surface area contributed by atoms with Crippen LogP contribution in [0, 0.1) is 5.82 Å². The number of carbonyl (C=O) groups is 1. The Morgan fingerprint density at radius 3 is 2.71 bits per heavy atom. The van der Waals surface area contributed by atoms with Gasteiger partial charge in [-0.1, -0.05) is 0 Å². The number of ether oxygens (including phenoxy) is 1. The van der Waals surface area contributed by atoms with Gasteiger partial charge < -0.3 is 18.9 Å². The molecule has 28 heavy (non-hydrogen) atoms. The molecule has 142 valence electrons. The Balaban J connectivity index is 1.41. The van der Waals surface area contributed by atoms with Crippen LogP contribution in [0.15, 0.2) is 69.3 Å². The lowest BCUT2D eigenvalue weighted by Gasteiger charge is -2.11. The van der Waals surface area contributed by atoms with Gasteiger partial charge in [0, 0.05) is 6.08 Å². The van der Waals surface area contributed by atoms with E-state index >= 15 is 0 Å². The fraction of sp³-hybridized carbons (Fsp3) is 0.100. The Morgan fingerprint density at radius 1 is 1.14 bits per heavy atom. The first kappa shape index (κ1) is 18.0. The molecule has 6 nitrogen and oxygen atoms in total. The standard InChI is InChI=1S/C20H15FN2O4S/c21-13-3-5-14(6-4-13)26-12-17-8-7-15(27-17)10-18-19(24)23(20(28)22-18)11-16-2-1-9-25-16/h1-10H,11-12H2,(H,22,28)/b18-10+. The number of hydrogen-bond donors (Lipinski definition) is 1. The molecule has 0 atom stereocenters. The van der Waals surface area contributed by atoms with E-state index < -0.39 is 0 Å². The number of thiocarbonyl (C=S) groups is 1. The van der Waals surface area contributed by atoms with Crippen molar-refractivity contribution in [2.24, 2.45) is 0 Å². The Kier molecular flexibility index (Phi) is 4.94.